The minimum Gasteiger partial charge on any atom is -0.364 e. The zero-order valence-corrected chi connectivity index (χ0v) is 14.9. The third-order valence-electron chi connectivity index (χ3n) is 5.08. The summed E-state index contributed by atoms with van der Waals surface area (Å²) in [5, 5.41) is 10.6. The topological polar surface area (TPSA) is 52.3 Å². The van der Waals surface area contributed by atoms with Crippen molar-refractivity contribution in [3.8, 4) is 18.4 Å². The van der Waals surface area contributed by atoms with Gasteiger partial charge >= 0.3 is 0 Å². The average Bonchev–Trinajstić information content (AvgIpc) is 2.61. The minimum absolute atomic E-state index is 0.159. The summed E-state index contributed by atoms with van der Waals surface area (Å²) in [5.74, 6) is 2.71. The van der Waals surface area contributed by atoms with Gasteiger partial charge in [-0.25, -0.2) is 0 Å². The number of terminal acetylenes is 1. The second-order valence-corrected chi connectivity index (χ2v) is 6.70. The highest BCUT2D eigenvalue weighted by Gasteiger charge is 2.32. The van der Waals surface area contributed by atoms with E-state index >= 15 is 0 Å². The summed E-state index contributed by atoms with van der Waals surface area (Å²) >= 11 is 0. The van der Waals surface area contributed by atoms with Crippen molar-refractivity contribution in [2.75, 3.05) is 24.5 Å². The smallest absolute Gasteiger partial charge is 0.270 e. The van der Waals surface area contributed by atoms with Crippen LogP contribution in [-0.2, 0) is 7.05 Å². The lowest BCUT2D eigenvalue weighted by atomic mass is 10.0. The van der Waals surface area contributed by atoms with E-state index in [2.05, 4.69) is 35.6 Å². The van der Waals surface area contributed by atoms with Crippen LogP contribution in [0.15, 0.2) is 29.1 Å². The van der Waals surface area contributed by atoms with Crippen molar-refractivity contribution in [1.29, 1.82) is 5.26 Å². The first-order valence-corrected chi connectivity index (χ1v) is 8.45. The first-order valence-electron chi connectivity index (χ1n) is 8.45. The number of piperazine rings is 1. The van der Waals surface area contributed by atoms with Crippen LogP contribution in [0.4, 0.5) is 5.69 Å². The summed E-state index contributed by atoms with van der Waals surface area (Å²) in [4.78, 5) is 17.2. The van der Waals surface area contributed by atoms with Gasteiger partial charge in [0.2, 0.25) is 0 Å². The number of hydrogen-bond acceptors (Lipinski definition) is 4. The number of hydrogen-bond donors (Lipinski definition) is 0. The quantitative estimate of drug-likeness (QED) is 0.788. The Balaban J connectivity index is 2.19. The van der Waals surface area contributed by atoms with Crippen molar-refractivity contribution in [1.82, 2.24) is 9.47 Å². The van der Waals surface area contributed by atoms with Gasteiger partial charge in [0.15, 0.2) is 0 Å². The van der Waals surface area contributed by atoms with E-state index in [4.69, 9.17) is 6.42 Å². The maximum Gasteiger partial charge on any atom is 0.270 e. The van der Waals surface area contributed by atoms with E-state index in [1.54, 1.807) is 11.6 Å². The van der Waals surface area contributed by atoms with Gasteiger partial charge < -0.3 is 9.47 Å². The molecule has 1 aromatic heterocycles. The van der Waals surface area contributed by atoms with E-state index in [1.165, 1.54) is 0 Å². The molecule has 25 heavy (non-hydrogen) atoms. The number of benzene rings is 1. The van der Waals surface area contributed by atoms with Gasteiger partial charge in [0.05, 0.1) is 17.7 Å². The SMILES string of the molecule is C#CCN1C[C@H](C)N(c2c(C#N)c(=O)n(C)c3ccccc23)C[C@H]1C. The Morgan fingerprint density at radius 3 is 2.64 bits per heavy atom. The van der Waals surface area contributed by atoms with Crippen LogP contribution in [-0.4, -0.2) is 41.2 Å². The van der Waals surface area contributed by atoms with Crippen LogP contribution < -0.4 is 10.5 Å². The number of aryl methyl sites for hydroxylation is 1. The monoisotopic (exact) mass is 334 g/mol. The lowest BCUT2D eigenvalue weighted by Crippen LogP contribution is -2.57. The molecule has 3 rings (SSSR count). The van der Waals surface area contributed by atoms with Crippen LogP contribution in [0.25, 0.3) is 10.9 Å². The van der Waals surface area contributed by atoms with E-state index in [1.807, 2.05) is 24.3 Å². The largest absolute Gasteiger partial charge is 0.364 e. The molecule has 0 unspecified atom stereocenters. The summed E-state index contributed by atoms with van der Waals surface area (Å²) in [5.41, 5.74) is 1.56. The number of fused-ring (bicyclic) bond motifs is 1. The molecular formula is C20H22N4O. The summed E-state index contributed by atoms with van der Waals surface area (Å²) in [6.45, 7) is 6.39. The summed E-state index contributed by atoms with van der Waals surface area (Å²) in [6.07, 6.45) is 5.48. The minimum atomic E-state index is -0.248. The third-order valence-corrected chi connectivity index (χ3v) is 5.08. The van der Waals surface area contributed by atoms with Crippen molar-refractivity contribution < 1.29 is 0 Å². The van der Waals surface area contributed by atoms with Gasteiger partial charge in [0, 0.05) is 37.6 Å². The molecule has 2 heterocycles. The molecule has 0 aliphatic carbocycles. The van der Waals surface area contributed by atoms with Crippen molar-refractivity contribution in [2.24, 2.45) is 7.05 Å². The van der Waals surface area contributed by atoms with Crippen LogP contribution >= 0.6 is 0 Å². The first-order chi connectivity index (χ1) is 12.0. The van der Waals surface area contributed by atoms with Gasteiger partial charge in [-0.05, 0) is 19.9 Å². The standard InChI is InChI=1S/C20H22N4O/c1-5-10-23-12-15(3)24(13-14(23)2)19-16-8-6-7-9-18(16)22(4)20(25)17(19)11-21/h1,6-9,14-15H,10,12-13H2,2-4H3/t14-,15+/m1/s1. The number of rotatable bonds is 2. The first kappa shape index (κ1) is 17.1. The van der Waals surface area contributed by atoms with Crippen LogP contribution in [0.5, 0.6) is 0 Å². The Bertz CT molecular complexity index is 947. The fraction of sp³-hybridized carbons (Fsp3) is 0.400. The molecule has 0 amide bonds. The maximum atomic E-state index is 12.7. The van der Waals surface area contributed by atoms with Crippen LogP contribution in [0.3, 0.4) is 0 Å². The van der Waals surface area contributed by atoms with Gasteiger partial charge in [-0.1, -0.05) is 24.1 Å². The van der Waals surface area contributed by atoms with Crippen LogP contribution in [0.2, 0.25) is 0 Å². The molecule has 1 aromatic carbocycles. The average molecular weight is 334 g/mol. The molecule has 128 valence electrons. The second-order valence-electron chi connectivity index (χ2n) is 6.70. The number of para-hydroxylation sites is 1. The molecule has 0 N–H and O–H groups in total. The molecule has 5 heteroatoms. The Hall–Kier alpha value is -2.76. The molecule has 1 aliphatic rings. The van der Waals surface area contributed by atoms with Crippen molar-refractivity contribution in [3.05, 3.63) is 40.2 Å². The lowest BCUT2D eigenvalue weighted by molar-refractivity contribution is 0.187. The third kappa shape index (κ3) is 2.77. The number of nitriles is 1. The number of nitrogens with zero attached hydrogens (tertiary/aromatic N) is 4. The van der Waals surface area contributed by atoms with Gasteiger partial charge in [-0.3, -0.25) is 9.69 Å². The Morgan fingerprint density at radius 2 is 1.96 bits per heavy atom. The normalized spacial score (nSPS) is 21.1. The van der Waals surface area contributed by atoms with Gasteiger partial charge in [0.1, 0.15) is 11.6 Å². The zero-order valence-electron chi connectivity index (χ0n) is 14.9. The van der Waals surface area contributed by atoms with Gasteiger partial charge in [-0.2, -0.15) is 5.26 Å². The Kier molecular flexibility index (Phi) is 4.53. The molecule has 1 aliphatic heterocycles. The van der Waals surface area contributed by atoms with E-state index in [-0.39, 0.29) is 23.2 Å². The molecular weight excluding hydrogens is 312 g/mol. The second kappa shape index (κ2) is 6.63. The van der Waals surface area contributed by atoms with Crippen LogP contribution in [0.1, 0.15) is 19.4 Å². The molecule has 0 spiro atoms. The molecule has 1 saturated heterocycles. The number of anilines is 1. The Morgan fingerprint density at radius 1 is 1.24 bits per heavy atom. The molecule has 0 bridgehead atoms. The fourth-order valence-corrected chi connectivity index (χ4v) is 3.73. The summed E-state index contributed by atoms with van der Waals surface area (Å²) in [7, 11) is 1.71. The predicted octanol–water partition coefficient (Wildman–Crippen LogP) is 1.94. The fourth-order valence-electron chi connectivity index (χ4n) is 3.73. The molecule has 2 aromatic rings. The Labute approximate surface area is 148 Å². The van der Waals surface area contributed by atoms with Crippen molar-refractivity contribution in [3.63, 3.8) is 0 Å². The zero-order chi connectivity index (χ0) is 18.1. The van der Waals surface area contributed by atoms with E-state index in [9.17, 15) is 10.1 Å². The van der Waals surface area contributed by atoms with Crippen LogP contribution in [0, 0.1) is 23.7 Å². The van der Waals surface area contributed by atoms with E-state index < -0.39 is 0 Å². The molecule has 2 atom stereocenters. The number of pyridine rings is 1. The van der Waals surface area contributed by atoms with E-state index in [0.29, 0.717) is 6.54 Å². The van der Waals surface area contributed by atoms with Gasteiger partial charge in [-0.15, -0.1) is 6.42 Å². The predicted molar refractivity (Wildman–Crippen MR) is 101 cm³/mol. The van der Waals surface area contributed by atoms with E-state index in [0.717, 1.165) is 29.7 Å². The maximum absolute atomic E-state index is 12.7. The van der Waals surface area contributed by atoms with Crippen molar-refractivity contribution >= 4 is 16.6 Å². The summed E-state index contributed by atoms with van der Waals surface area (Å²) in [6, 6.07) is 10.3. The highest BCUT2D eigenvalue weighted by molar-refractivity contribution is 5.95. The molecule has 0 radical (unpaired) electrons. The molecule has 5 nitrogen and oxygen atoms in total. The van der Waals surface area contributed by atoms with Gasteiger partial charge in [0.25, 0.3) is 5.56 Å². The highest BCUT2D eigenvalue weighted by Crippen LogP contribution is 2.32. The van der Waals surface area contributed by atoms with Crippen molar-refractivity contribution in [2.45, 2.75) is 25.9 Å². The molecule has 1 fully saturated rings. The summed E-state index contributed by atoms with van der Waals surface area (Å²) < 4.78 is 1.56. The highest BCUT2D eigenvalue weighted by atomic mass is 16.1. The molecule has 0 saturated carbocycles. The lowest BCUT2D eigenvalue weighted by Gasteiger charge is -2.45. The number of aromatic nitrogens is 1.